The molecule has 5 heteroatoms. The van der Waals surface area contributed by atoms with Crippen LogP contribution in [0, 0.1) is 24.6 Å². The van der Waals surface area contributed by atoms with Gasteiger partial charge in [-0.3, -0.25) is 9.59 Å². The van der Waals surface area contributed by atoms with Crippen molar-refractivity contribution < 1.29 is 19.1 Å². The lowest BCUT2D eigenvalue weighted by Crippen LogP contribution is -2.29. The first-order chi connectivity index (χ1) is 9.47. The van der Waals surface area contributed by atoms with Crippen molar-refractivity contribution in [2.45, 2.75) is 32.6 Å². The van der Waals surface area contributed by atoms with E-state index in [9.17, 15) is 14.0 Å². The second-order valence-electron chi connectivity index (χ2n) is 5.36. The number of carbonyl (C=O) groups is 2. The number of benzene rings is 1. The Labute approximate surface area is 117 Å². The largest absolute Gasteiger partial charge is 0.481 e. The van der Waals surface area contributed by atoms with Gasteiger partial charge >= 0.3 is 5.97 Å². The number of rotatable bonds is 3. The normalized spacial score (nSPS) is 22.3. The van der Waals surface area contributed by atoms with Crippen molar-refractivity contribution in [2.24, 2.45) is 11.8 Å². The average molecular weight is 279 g/mol. The Morgan fingerprint density at radius 3 is 2.40 bits per heavy atom. The highest BCUT2D eigenvalue weighted by atomic mass is 19.1. The van der Waals surface area contributed by atoms with Crippen molar-refractivity contribution in [1.29, 1.82) is 0 Å². The Morgan fingerprint density at radius 1 is 1.20 bits per heavy atom. The van der Waals surface area contributed by atoms with E-state index in [1.807, 2.05) is 6.92 Å². The Balaban J connectivity index is 1.96. The van der Waals surface area contributed by atoms with Crippen molar-refractivity contribution in [3.05, 3.63) is 29.6 Å². The molecule has 0 spiro atoms. The summed E-state index contributed by atoms with van der Waals surface area (Å²) in [5.74, 6) is -2.06. The molecule has 1 aromatic rings. The smallest absolute Gasteiger partial charge is 0.306 e. The first-order valence-electron chi connectivity index (χ1n) is 6.77. The lowest BCUT2D eigenvalue weighted by atomic mass is 9.81. The maximum atomic E-state index is 13.6. The minimum atomic E-state index is -0.798. The summed E-state index contributed by atoms with van der Waals surface area (Å²) in [6.45, 7) is 1.83. The van der Waals surface area contributed by atoms with Gasteiger partial charge in [0.05, 0.1) is 11.6 Å². The van der Waals surface area contributed by atoms with Gasteiger partial charge in [0, 0.05) is 5.92 Å². The molecule has 1 amide bonds. The van der Waals surface area contributed by atoms with Gasteiger partial charge in [-0.2, -0.15) is 0 Å². The Morgan fingerprint density at radius 2 is 1.80 bits per heavy atom. The van der Waals surface area contributed by atoms with E-state index in [1.165, 1.54) is 6.07 Å². The summed E-state index contributed by atoms with van der Waals surface area (Å²) in [7, 11) is 0. The lowest BCUT2D eigenvalue weighted by molar-refractivity contribution is -0.143. The lowest BCUT2D eigenvalue weighted by Gasteiger charge is -2.25. The molecule has 0 radical (unpaired) electrons. The van der Waals surface area contributed by atoms with Gasteiger partial charge in [0.25, 0.3) is 0 Å². The molecule has 1 fully saturated rings. The molecule has 0 aliphatic heterocycles. The zero-order valence-corrected chi connectivity index (χ0v) is 11.4. The van der Waals surface area contributed by atoms with Crippen LogP contribution in [-0.4, -0.2) is 17.0 Å². The standard InChI is InChI=1S/C15H18FNO3/c1-9-2-7-12(16)13(8-9)17-14(18)10-3-5-11(6-4-10)15(19)20/h2,7-8,10-11H,3-6H2,1H3,(H,17,18)(H,19,20). The van der Waals surface area contributed by atoms with Gasteiger partial charge in [0.2, 0.25) is 5.91 Å². The summed E-state index contributed by atoms with van der Waals surface area (Å²) < 4.78 is 13.6. The first-order valence-corrected chi connectivity index (χ1v) is 6.77. The Bertz CT molecular complexity index is 522. The number of anilines is 1. The molecule has 2 N–H and O–H groups in total. The van der Waals surface area contributed by atoms with Crippen LogP contribution in [0.2, 0.25) is 0 Å². The number of amides is 1. The molecule has 0 atom stereocenters. The van der Waals surface area contributed by atoms with Crippen LogP contribution < -0.4 is 5.32 Å². The fourth-order valence-corrected chi connectivity index (χ4v) is 2.57. The zero-order chi connectivity index (χ0) is 14.7. The molecule has 0 heterocycles. The van der Waals surface area contributed by atoms with Crippen molar-refractivity contribution >= 4 is 17.6 Å². The highest BCUT2D eigenvalue weighted by molar-refractivity contribution is 5.92. The number of carboxylic acids is 1. The van der Waals surface area contributed by atoms with Crippen molar-refractivity contribution in [3.63, 3.8) is 0 Å². The molecular formula is C15H18FNO3. The molecule has 0 saturated heterocycles. The average Bonchev–Trinajstić information content (AvgIpc) is 2.43. The van der Waals surface area contributed by atoms with Crippen LogP contribution in [0.5, 0.6) is 0 Å². The monoisotopic (exact) mass is 279 g/mol. The molecule has 1 aliphatic rings. The molecule has 1 saturated carbocycles. The number of carbonyl (C=O) groups excluding carboxylic acids is 1. The third kappa shape index (κ3) is 3.35. The number of nitrogens with one attached hydrogen (secondary N) is 1. The van der Waals surface area contributed by atoms with Gasteiger partial charge in [-0.05, 0) is 50.3 Å². The highest BCUT2D eigenvalue weighted by Crippen LogP contribution is 2.30. The van der Waals surface area contributed by atoms with Crippen molar-refractivity contribution in [1.82, 2.24) is 0 Å². The SMILES string of the molecule is Cc1ccc(F)c(NC(=O)C2CCC(C(=O)O)CC2)c1. The van der Waals surface area contributed by atoms with Crippen LogP contribution in [0.25, 0.3) is 0 Å². The summed E-state index contributed by atoms with van der Waals surface area (Å²) in [6.07, 6.45) is 2.08. The summed E-state index contributed by atoms with van der Waals surface area (Å²) in [4.78, 5) is 22.9. The molecule has 4 nitrogen and oxygen atoms in total. The fourth-order valence-electron chi connectivity index (χ4n) is 2.57. The Kier molecular flexibility index (Phi) is 4.37. The predicted molar refractivity (Wildman–Crippen MR) is 72.9 cm³/mol. The Hall–Kier alpha value is -1.91. The zero-order valence-electron chi connectivity index (χ0n) is 11.4. The molecule has 0 bridgehead atoms. The second-order valence-corrected chi connectivity index (χ2v) is 5.36. The third-order valence-corrected chi connectivity index (χ3v) is 3.83. The van der Waals surface area contributed by atoms with Crippen molar-refractivity contribution in [2.75, 3.05) is 5.32 Å². The summed E-state index contributed by atoms with van der Waals surface area (Å²) in [5, 5.41) is 11.5. The van der Waals surface area contributed by atoms with E-state index in [0.29, 0.717) is 25.7 Å². The molecule has 0 unspecified atom stereocenters. The first kappa shape index (κ1) is 14.5. The van der Waals surface area contributed by atoms with Crippen LogP contribution >= 0.6 is 0 Å². The van der Waals surface area contributed by atoms with E-state index in [1.54, 1.807) is 12.1 Å². The molecule has 2 rings (SSSR count). The minimum Gasteiger partial charge on any atom is -0.481 e. The number of halogens is 1. The summed E-state index contributed by atoms with van der Waals surface area (Å²) >= 11 is 0. The predicted octanol–water partition coefficient (Wildman–Crippen LogP) is 2.96. The van der Waals surface area contributed by atoms with E-state index >= 15 is 0 Å². The van der Waals surface area contributed by atoms with Crippen LogP contribution in [0.4, 0.5) is 10.1 Å². The quantitative estimate of drug-likeness (QED) is 0.894. The van der Waals surface area contributed by atoms with Gasteiger partial charge in [0.1, 0.15) is 5.82 Å². The van der Waals surface area contributed by atoms with E-state index < -0.39 is 11.8 Å². The van der Waals surface area contributed by atoms with E-state index in [4.69, 9.17) is 5.11 Å². The molecule has 0 aromatic heterocycles. The topological polar surface area (TPSA) is 66.4 Å². The van der Waals surface area contributed by atoms with Gasteiger partial charge in [-0.1, -0.05) is 6.07 Å². The van der Waals surface area contributed by atoms with Gasteiger partial charge in [0.15, 0.2) is 0 Å². The van der Waals surface area contributed by atoms with Gasteiger partial charge < -0.3 is 10.4 Å². The molecule has 108 valence electrons. The summed E-state index contributed by atoms with van der Waals surface area (Å²) in [6, 6.07) is 4.56. The number of hydrogen-bond donors (Lipinski definition) is 2. The molecule has 20 heavy (non-hydrogen) atoms. The van der Waals surface area contributed by atoms with Crippen LogP contribution in [0.3, 0.4) is 0 Å². The minimum absolute atomic E-state index is 0.190. The second kappa shape index (κ2) is 6.03. The third-order valence-electron chi connectivity index (χ3n) is 3.83. The van der Waals surface area contributed by atoms with E-state index in [-0.39, 0.29) is 23.4 Å². The number of hydrogen-bond acceptors (Lipinski definition) is 2. The summed E-state index contributed by atoms with van der Waals surface area (Å²) in [5.41, 5.74) is 1.06. The maximum absolute atomic E-state index is 13.6. The van der Waals surface area contributed by atoms with E-state index in [2.05, 4.69) is 5.32 Å². The number of aliphatic carboxylic acids is 1. The highest BCUT2D eigenvalue weighted by Gasteiger charge is 2.29. The van der Waals surface area contributed by atoms with Gasteiger partial charge in [-0.25, -0.2) is 4.39 Å². The van der Waals surface area contributed by atoms with E-state index in [0.717, 1.165) is 5.56 Å². The maximum Gasteiger partial charge on any atom is 0.306 e. The fraction of sp³-hybridized carbons (Fsp3) is 0.467. The molecular weight excluding hydrogens is 261 g/mol. The number of aryl methyl sites for hydroxylation is 1. The van der Waals surface area contributed by atoms with Crippen molar-refractivity contribution in [3.8, 4) is 0 Å². The van der Waals surface area contributed by atoms with Gasteiger partial charge in [-0.15, -0.1) is 0 Å². The molecule has 1 aromatic carbocycles. The van der Waals surface area contributed by atoms with Crippen LogP contribution in [-0.2, 0) is 9.59 Å². The number of carboxylic acid groups (broad SMARTS) is 1. The molecule has 1 aliphatic carbocycles. The van der Waals surface area contributed by atoms with Crippen LogP contribution in [0.15, 0.2) is 18.2 Å². The van der Waals surface area contributed by atoms with Crippen LogP contribution in [0.1, 0.15) is 31.2 Å².